The molecule has 3 aliphatic rings. The molecule has 3 aliphatic carbocycles. The lowest BCUT2D eigenvalue weighted by Gasteiger charge is -2.50. The summed E-state index contributed by atoms with van der Waals surface area (Å²) in [5, 5.41) is 20.7. The molecule has 2 heteroatoms. The predicted molar refractivity (Wildman–Crippen MR) is 92.6 cm³/mol. The minimum atomic E-state index is -0.106. The van der Waals surface area contributed by atoms with Gasteiger partial charge in [-0.2, -0.15) is 0 Å². The fraction of sp³-hybridized carbons (Fsp3) is 0.619. The van der Waals surface area contributed by atoms with Gasteiger partial charge in [-0.25, -0.2) is 0 Å². The Morgan fingerprint density at radius 3 is 2.87 bits per heavy atom. The Morgan fingerprint density at radius 1 is 1.26 bits per heavy atom. The summed E-state index contributed by atoms with van der Waals surface area (Å²) in [6.07, 6.45) is 9.26. The van der Waals surface area contributed by atoms with Crippen molar-refractivity contribution in [3.63, 3.8) is 0 Å². The highest BCUT2D eigenvalue weighted by Gasteiger charge is 2.54. The van der Waals surface area contributed by atoms with E-state index in [0.717, 1.165) is 31.2 Å². The van der Waals surface area contributed by atoms with Gasteiger partial charge in [-0.15, -0.1) is 6.58 Å². The predicted octanol–water partition coefficient (Wildman–Crippen LogP) is 4.34. The summed E-state index contributed by atoms with van der Waals surface area (Å²) in [6, 6.07) is 4.25. The van der Waals surface area contributed by atoms with Crippen molar-refractivity contribution in [3.05, 3.63) is 41.5 Å². The van der Waals surface area contributed by atoms with E-state index in [4.69, 9.17) is 0 Å². The van der Waals surface area contributed by atoms with Crippen LogP contribution >= 0.6 is 0 Å². The minimum absolute atomic E-state index is 0.106. The molecule has 0 bridgehead atoms. The Kier molecular flexibility index (Phi) is 3.57. The second kappa shape index (κ2) is 5.37. The third-order valence-corrected chi connectivity index (χ3v) is 7.24. The van der Waals surface area contributed by atoms with E-state index in [0.29, 0.717) is 23.5 Å². The molecular weight excluding hydrogens is 284 g/mol. The van der Waals surface area contributed by atoms with Crippen molar-refractivity contribution in [3.8, 4) is 5.75 Å². The molecule has 4 rings (SSSR count). The van der Waals surface area contributed by atoms with E-state index in [2.05, 4.69) is 19.6 Å². The highest BCUT2D eigenvalue weighted by molar-refractivity contribution is 5.46. The van der Waals surface area contributed by atoms with Crippen LogP contribution in [0, 0.1) is 17.3 Å². The topological polar surface area (TPSA) is 40.5 Å². The standard InChI is InChI=1S/C21H28O2/c1-3-4-14-11-17-13(12-19(14)22)5-6-16-15(17)9-10-21(2)18(16)7-8-20(21)23/h3,11-12,15-16,18,20,22-23H,1,4-10H2,2H3/t15-,16+,18-,20-,21-/m0/s1. The third-order valence-electron chi connectivity index (χ3n) is 7.24. The molecule has 1 aromatic carbocycles. The molecule has 124 valence electrons. The normalized spacial score (nSPS) is 38.5. The summed E-state index contributed by atoms with van der Waals surface area (Å²) in [5.74, 6) is 2.42. The Hall–Kier alpha value is -1.28. The Labute approximate surface area is 139 Å². The maximum atomic E-state index is 10.5. The van der Waals surface area contributed by atoms with Gasteiger partial charge in [0.05, 0.1) is 6.10 Å². The minimum Gasteiger partial charge on any atom is -0.508 e. The number of aliphatic hydroxyl groups is 1. The van der Waals surface area contributed by atoms with Crippen LogP contribution in [-0.2, 0) is 12.8 Å². The number of fused-ring (bicyclic) bond motifs is 5. The zero-order valence-corrected chi connectivity index (χ0v) is 14.1. The smallest absolute Gasteiger partial charge is 0.119 e. The van der Waals surface area contributed by atoms with Crippen molar-refractivity contribution in [2.45, 2.75) is 63.9 Å². The molecule has 0 radical (unpaired) electrons. The van der Waals surface area contributed by atoms with E-state index in [1.54, 1.807) is 0 Å². The van der Waals surface area contributed by atoms with Crippen LogP contribution in [0.4, 0.5) is 0 Å². The number of aliphatic hydroxyl groups excluding tert-OH is 1. The third kappa shape index (κ3) is 2.18. The molecule has 0 saturated heterocycles. The van der Waals surface area contributed by atoms with Crippen LogP contribution in [0.3, 0.4) is 0 Å². The maximum Gasteiger partial charge on any atom is 0.119 e. The molecule has 2 N–H and O–H groups in total. The number of phenols is 1. The van der Waals surface area contributed by atoms with Gasteiger partial charge in [0.2, 0.25) is 0 Å². The molecule has 0 unspecified atom stereocenters. The lowest BCUT2D eigenvalue weighted by molar-refractivity contribution is -0.0226. The fourth-order valence-electron chi connectivity index (χ4n) is 5.95. The molecule has 2 nitrogen and oxygen atoms in total. The van der Waals surface area contributed by atoms with Crippen LogP contribution in [0.5, 0.6) is 5.75 Å². The van der Waals surface area contributed by atoms with Crippen LogP contribution in [0.25, 0.3) is 0 Å². The number of rotatable bonds is 2. The Balaban J connectivity index is 1.71. The number of allylic oxidation sites excluding steroid dienone is 1. The largest absolute Gasteiger partial charge is 0.508 e. The van der Waals surface area contributed by atoms with Gasteiger partial charge < -0.3 is 10.2 Å². The van der Waals surface area contributed by atoms with E-state index in [1.165, 1.54) is 30.4 Å². The van der Waals surface area contributed by atoms with Gasteiger partial charge in [-0.3, -0.25) is 0 Å². The summed E-state index contributed by atoms with van der Waals surface area (Å²) in [6.45, 7) is 6.13. The van der Waals surface area contributed by atoms with Gasteiger partial charge >= 0.3 is 0 Å². The van der Waals surface area contributed by atoms with E-state index in [1.807, 2.05) is 12.1 Å². The first kappa shape index (κ1) is 15.3. The second-order valence-electron chi connectivity index (χ2n) is 8.23. The summed E-state index contributed by atoms with van der Waals surface area (Å²) < 4.78 is 0. The lowest BCUT2D eigenvalue weighted by Crippen LogP contribution is -2.43. The van der Waals surface area contributed by atoms with E-state index >= 15 is 0 Å². The zero-order valence-electron chi connectivity index (χ0n) is 14.1. The maximum absolute atomic E-state index is 10.5. The number of benzene rings is 1. The number of hydrogen-bond acceptors (Lipinski definition) is 2. The number of phenolic OH excluding ortho intramolecular Hbond substituents is 1. The van der Waals surface area contributed by atoms with Crippen molar-refractivity contribution in [1.82, 2.24) is 0 Å². The first-order chi connectivity index (χ1) is 11.0. The fourth-order valence-corrected chi connectivity index (χ4v) is 5.95. The molecule has 0 aliphatic heterocycles. The van der Waals surface area contributed by atoms with E-state index < -0.39 is 0 Å². The van der Waals surface area contributed by atoms with Crippen LogP contribution in [0.2, 0.25) is 0 Å². The van der Waals surface area contributed by atoms with Gasteiger partial charge in [-0.05, 0) is 90.9 Å². The average Bonchev–Trinajstić information content (AvgIpc) is 2.84. The summed E-state index contributed by atoms with van der Waals surface area (Å²) in [5.41, 5.74) is 3.97. The number of aromatic hydroxyl groups is 1. The molecule has 1 aromatic rings. The van der Waals surface area contributed by atoms with Crippen molar-refractivity contribution < 1.29 is 10.2 Å². The first-order valence-electron chi connectivity index (χ1n) is 9.18. The summed E-state index contributed by atoms with van der Waals surface area (Å²) in [7, 11) is 0. The lowest BCUT2D eigenvalue weighted by atomic mass is 9.55. The monoisotopic (exact) mass is 312 g/mol. The molecule has 0 heterocycles. The van der Waals surface area contributed by atoms with Crippen LogP contribution < -0.4 is 0 Å². The SMILES string of the molecule is C=CCc1cc2c(cc1O)CC[C@@H]1[C@@H]2CC[C@]2(C)[C@@H](O)CC[C@@H]12. The number of aryl methyl sites for hydroxylation is 1. The van der Waals surface area contributed by atoms with Gasteiger partial charge in [0, 0.05) is 0 Å². The van der Waals surface area contributed by atoms with Gasteiger partial charge in [0.25, 0.3) is 0 Å². The quantitative estimate of drug-likeness (QED) is 0.798. The van der Waals surface area contributed by atoms with E-state index in [9.17, 15) is 10.2 Å². The molecular formula is C21H28O2. The summed E-state index contributed by atoms with van der Waals surface area (Å²) in [4.78, 5) is 0. The molecule has 0 amide bonds. The first-order valence-corrected chi connectivity index (χ1v) is 9.18. The molecule has 5 atom stereocenters. The van der Waals surface area contributed by atoms with Crippen LogP contribution in [0.15, 0.2) is 24.8 Å². The zero-order chi connectivity index (χ0) is 16.2. The van der Waals surface area contributed by atoms with E-state index in [-0.39, 0.29) is 11.5 Å². The van der Waals surface area contributed by atoms with Crippen LogP contribution in [-0.4, -0.2) is 16.3 Å². The Morgan fingerprint density at radius 2 is 2.09 bits per heavy atom. The van der Waals surface area contributed by atoms with Crippen molar-refractivity contribution in [2.24, 2.45) is 17.3 Å². The van der Waals surface area contributed by atoms with Gasteiger partial charge in [-0.1, -0.05) is 19.1 Å². The molecule has 0 spiro atoms. The molecule has 23 heavy (non-hydrogen) atoms. The van der Waals surface area contributed by atoms with Crippen LogP contribution in [0.1, 0.15) is 61.6 Å². The van der Waals surface area contributed by atoms with Crippen molar-refractivity contribution in [1.29, 1.82) is 0 Å². The number of hydrogen-bond donors (Lipinski definition) is 2. The highest BCUT2D eigenvalue weighted by Crippen LogP contribution is 2.61. The molecule has 2 saturated carbocycles. The van der Waals surface area contributed by atoms with Gasteiger partial charge in [0.15, 0.2) is 0 Å². The average molecular weight is 312 g/mol. The Bertz CT molecular complexity index is 635. The molecule has 0 aromatic heterocycles. The second-order valence-corrected chi connectivity index (χ2v) is 8.23. The van der Waals surface area contributed by atoms with Gasteiger partial charge in [0.1, 0.15) is 5.75 Å². The summed E-state index contributed by atoms with van der Waals surface area (Å²) >= 11 is 0. The van der Waals surface area contributed by atoms with Crippen molar-refractivity contribution >= 4 is 0 Å². The highest BCUT2D eigenvalue weighted by atomic mass is 16.3. The molecule has 2 fully saturated rings. The van der Waals surface area contributed by atoms with Crippen molar-refractivity contribution in [2.75, 3.05) is 0 Å².